The number of methoxy groups -OCH3 is 1. The van der Waals surface area contributed by atoms with Crippen LogP contribution < -0.4 is 19.7 Å². The molecule has 0 radical (unpaired) electrons. The van der Waals surface area contributed by atoms with Crippen molar-refractivity contribution in [3.8, 4) is 11.5 Å². The fraction of sp³-hybridized carbons (Fsp3) is 0.323. The third-order valence-electron chi connectivity index (χ3n) is 7.71. The molecule has 2 heterocycles. The van der Waals surface area contributed by atoms with Gasteiger partial charge in [-0.3, -0.25) is 14.5 Å². The quantitative estimate of drug-likeness (QED) is 0.314. The second-order valence-corrected chi connectivity index (χ2v) is 10.4. The van der Waals surface area contributed by atoms with Gasteiger partial charge >= 0.3 is 5.97 Å². The zero-order valence-corrected chi connectivity index (χ0v) is 23.2. The largest absolute Gasteiger partial charge is 0.465 e. The molecule has 1 aliphatic heterocycles. The predicted molar refractivity (Wildman–Crippen MR) is 153 cm³/mol. The van der Waals surface area contributed by atoms with Gasteiger partial charge in [-0.05, 0) is 54.8 Å². The molecule has 1 aromatic heterocycles. The smallest absolute Gasteiger partial charge is 0.337 e. The molecule has 0 bridgehead atoms. The normalized spacial score (nSPS) is 15.3. The number of para-hydroxylation sites is 1. The summed E-state index contributed by atoms with van der Waals surface area (Å²) in [6, 6.07) is 18.0. The van der Waals surface area contributed by atoms with Gasteiger partial charge in [-0.15, -0.1) is 5.10 Å². The highest BCUT2D eigenvalue weighted by Gasteiger charge is 2.35. The topological polar surface area (TPSA) is 125 Å². The summed E-state index contributed by atoms with van der Waals surface area (Å²) in [4.78, 5) is 42.1. The summed E-state index contributed by atoms with van der Waals surface area (Å²) in [6.07, 6.45) is 4.96. The van der Waals surface area contributed by atoms with Crippen LogP contribution in [0.15, 0.2) is 66.7 Å². The standard InChI is InChI=1S/C31H31N5O6/c1-40-31(39)21-13-11-20(12-14-21)29(30(38)32-22-7-3-2-4-8-22)36(23-15-16-26-27(17-23)42-19-41-26)28(37)18-35-25-10-6-5-9-24(25)33-34-35/h5-6,9-17,22,29H,2-4,7-8,18-19H2,1H3,(H,32,38)/t29-/m0/s1. The fourth-order valence-corrected chi connectivity index (χ4v) is 5.57. The molecule has 0 unspecified atom stereocenters. The predicted octanol–water partition coefficient (Wildman–Crippen LogP) is 4.17. The summed E-state index contributed by atoms with van der Waals surface area (Å²) in [5.41, 5.74) is 2.68. The molecule has 3 aromatic carbocycles. The number of aromatic nitrogens is 3. The molecule has 4 aromatic rings. The van der Waals surface area contributed by atoms with Crippen LogP contribution in [0.5, 0.6) is 11.5 Å². The maximum atomic E-state index is 14.3. The number of amides is 2. The zero-order valence-electron chi connectivity index (χ0n) is 23.2. The number of ether oxygens (including phenoxy) is 3. The van der Waals surface area contributed by atoms with Gasteiger partial charge in [0.1, 0.15) is 18.1 Å². The highest BCUT2D eigenvalue weighted by Crippen LogP contribution is 2.38. The Morgan fingerprint density at radius 3 is 2.55 bits per heavy atom. The van der Waals surface area contributed by atoms with E-state index in [9.17, 15) is 14.4 Å². The molecule has 42 heavy (non-hydrogen) atoms. The zero-order chi connectivity index (χ0) is 29.1. The van der Waals surface area contributed by atoms with E-state index in [1.54, 1.807) is 42.5 Å². The van der Waals surface area contributed by atoms with Crippen LogP contribution in [0.25, 0.3) is 11.0 Å². The molecule has 1 fully saturated rings. The van der Waals surface area contributed by atoms with Crippen LogP contribution in [0.2, 0.25) is 0 Å². The Bertz CT molecular complexity index is 1610. The van der Waals surface area contributed by atoms with Gasteiger partial charge in [0, 0.05) is 17.8 Å². The molecule has 1 saturated carbocycles. The number of nitrogens with one attached hydrogen (secondary N) is 1. The maximum absolute atomic E-state index is 14.3. The van der Waals surface area contributed by atoms with E-state index in [0.717, 1.165) is 32.1 Å². The number of anilines is 1. The van der Waals surface area contributed by atoms with Gasteiger partial charge in [0.15, 0.2) is 11.5 Å². The molecular formula is C31H31N5O6. The average molecular weight is 570 g/mol. The van der Waals surface area contributed by atoms with Gasteiger partial charge < -0.3 is 19.5 Å². The molecule has 11 heteroatoms. The molecule has 216 valence electrons. The SMILES string of the molecule is COC(=O)c1ccc([C@@H](C(=O)NC2CCCCC2)N(C(=O)Cn2nnc3ccccc32)c2ccc3c(c2)OCO3)cc1. The molecule has 1 atom stereocenters. The van der Waals surface area contributed by atoms with Gasteiger partial charge in [0.2, 0.25) is 18.6 Å². The second kappa shape index (κ2) is 11.9. The van der Waals surface area contributed by atoms with E-state index >= 15 is 0 Å². The molecule has 0 saturated heterocycles. The number of fused-ring (bicyclic) bond motifs is 2. The van der Waals surface area contributed by atoms with Crippen LogP contribution in [0.4, 0.5) is 5.69 Å². The number of carbonyl (C=O) groups excluding carboxylic acids is 3. The monoisotopic (exact) mass is 569 g/mol. The first-order chi connectivity index (χ1) is 20.5. The van der Waals surface area contributed by atoms with Crippen molar-refractivity contribution >= 4 is 34.5 Å². The third kappa shape index (κ3) is 5.50. The average Bonchev–Trinajstić information content (AvgIpc) is 3.66. The Hall–Kier alpha value is -4.93. The molecule has 2 aliphatic rings. The van der Waals surface area contributed by atoms with E-state index in [1.165, 1.54) is 16.7 Å². The Morgan fingerprint density at radius 2 is 1.76 bits per heavy atom. The van der Waals surface area contributed by atoms with Crippen molar-refractivity contribution in [1.29, 1.82) is 0 Å². The van der Waals surface area contributed by atoms with Crippen molar-refractivity contribution in [3.05, 3.63) is 77.9 Å². The molecule has 0 spiro atoms. The maximum Gasteiger partial charge on any atom is 0.337 e. The third-order valence-corrected chi connectivity index (χ3v) is 7.71. The highest BCUT2D eigenvalue weighted by molar-refractivity contribution is 6.02. The number of esters is 1. The van der Waals surface area contributed by atoms with Crippen LogP contribution in [0, 0.1) is 0 Å². The van der Waals surface area contributed by atoms with Crippen molar-refractivity contribution in [3.63, 3.8) is 0 Å². The number of nitrogens with zero attached hydrogens (tertiary/aromatic N) is 4. The summed E-state index contributed by atoms with van der Waals surface area (Å²) in [6.45, 7) is -0.0966. The first kappa shape index (κ1) is 27.3. The van der Waals surface area contributed by atoms with E-state index in [-0.39, 0.29) is 31.2 Å². The van der Waals surface area contributed by atoms with Gasteiger partial charge in [0.25, 0.3) is 0 Å². The Labute approximate surface area is 242 Å². The Kier molecular flexibility index (Phi) is 7.72. The lowest BCUT2D eigenvalue weighted by molar-refractivity contribution is -0.127. The van der Waals surface area contributed by atoms with E-state index < -0.39 is 12.0 Å². The van der Waals surface area contributed by atoms with Crippen LogP contribution in [-0.2, 0) is 20.9 Å². The van der Waals surface area contributed by atoms with Gasteiger partial charge in [-0.2, -0.15) is 0 Å². The summed E-state index contributed by atoms with van der Waals surface area (Å²) in [7, 11) is 1.31. The van der Waals surface area contributed by atoms with E-state index in [1.807, 2.05) is 24.3 Å². The summed E-state index contributed by atoms with van der Waals surface area (Å²) in [5, 5.41) is 11.6. The summed E-state index contributed by atoms with van der Waals surface area (Å²) in [5.74, 6) is -0.165. The van der Waals surface area contributed by atoms with Crippen molar-refractivity contribution < 1.29 is 28.6 Å². The minimum Gasteiger partial charge on any atom is -0.465 e. The second-order valence-electron chi connectivity index (χ2n) is 10.4. The Balaban J connectivity index is 1.43. The first-order valence-corrected chi connectivity index (χ1v) is 14.0. The Morgan fingerprint density at radius 1 is 1.00 bits per heavy atom. The molecule has 11 nitrogen and oxygen atoms in total. The van der Waals surface area contributed by atoms with E-state index in [4.69, 9.17) is 14.2 Å². The molecule has 1 N–H and O–H groups in total. The van der Waals surface area contributed by atoms with Crippen molar-refractivity contribution in [2.45, 2.75) is 50.7 Å². The number of benzene rings is 3. The summed E-state index contributed by atoms with van der Waals surface area (Å²) < 4.78 is 17.5. The van der Waals surface area contributed by atoms with Gasteiger partial charge in [0.05, 0.1) is 18.2 Å². The van der Waals surface area contributed by atoms with Crippen molar-refractivity contribution in [2.75, 3.05) is 18.8 Å². The molecular weight excluding hydrogens is 538 g/mol. The minimum absolute atomic E-state index is 0.0102. The molecule has 2 amide bonds. The number of hydrogen-bond donors (Lipinski definition) is 1. The van der Waals surface area contributed by atoms with E-state index in [0.29, 0.717) is 39.3 Å². The van der Waals surface area contributed by atoms with Crippen LogP contribution in [0.1, 0.15) is 54.1 Å². The molecule has 1 aliphatic carbocycles. The van der Waals surface area contributed by atoms with Gasteiger partial charge in [-0.1, -0.05) is 48.7 Å². The lowest BCUT2D eigenvalue weighted by atomic mass is 9.94. The number of carbonyl (C=O) groups is 3. The van der Waals surface area contributed by atoms with E-state index in [2.05, 4.69) is 15.6 Å². The van der Waals surface area contributed by atoms with Crippen LogP contribution in [0.3, 0.4) is 0 Å². The van der Waals surface area contributed by atoms with Crippen molar-refractivity contribution in [2.24, 2.45) is 0 Å². The van der Waals surface area contributed by atoms with Crippen LogP contribution >= 0.6 is 0 Å². The minimum atomic E-state index is -1.05. The number of rotatable bonds is 8. The highest BCUT2D eigenvalue weighted by atomic mass is 16.7. The van der Waals surface area contributed by atoms with Crippen LogP contribution in [-0.4, -0.2) is 52.7 Å². The fourth-order valence-electron chi connectivity index (χ4n) is 5.57. The van der Waals surface area contributed by atoms with Crippen molar-refractivity contribution in [1.82, 2.24) is 20.3 Å². The lowest BCUT2D eigenvalue weighted by Gasteiger charge is -2.33. The lowest BCUT2D eigenvalue weighted by Crippen LogP contribution is -2.48. The number of hydrogen-bond acceptors (Lipinski definition) is 8. The van der Waals surface area contributed by atoms with Gasteiger partial charge in [-0.25, -0.2) is 9.48 Å². The first-order valence-electron chi connectivity index (χ1n) is 14.0. The summed E-state index contributed by atoms with van der Waals surface area (Å²) >= 11 is 0. The molecule has 6 rings (SSSR count).